The summed E-state index contributed by atoms with van der Waals surface area (Å²) in [6.45, 7) is 2.55. The van der Waals surface area contributed by atoms with Crippen molar-refractivity contribution in [2.75, 3.05) is 20.3 Å². The molecule has 0 aromatic heterocycles. The molecule has 3 atom stereocenters. The zero-order valence-corrected chi connectivity index (χ0v) is 10.6. The molecule has 2 aliphatic rings. The van der Waals surface area contributed by atoms with Crippen molar-refractivity contribution in [3.8, 4) is 0 Å². The first kappa shape index (κ1) is 13.3. The maximum atomic E-state index is 11.0. The van der Waals surface area contributed by atoms with Crippen molar-refractivity contribution in [1.29, 1.82) is 0 Å². The second-order valence-corrected chi connectivity index (χ2v) is 4.31. The summed E-state index contributed by atoms with van der Waals surface area (Å²) in [7, 11) is 1.65. The van der Waals surface area contributed by atoms with Crippen molar-refractivity contribution in [2.45, 2.75) is 25.7 Å². The smallest absolute Gasteiger partial charge is 0.307 e. The van der Waals surface area contributed by atoms with Crippen LogP contribution in [0.5, 0.6) is 0 Å². The first-order valence-corrected chi connectivity index (χ1v) is 6.03. The summed E-state index contributed by atoms with van der Waals surface area (Å²) in [6.07, 6.45) is 5.95. The lowest BCUT2D eigenvalue weighted by molar-refractivity contribution is -0.234. The average Bonchev–Trinajstić information content (AvgIpc) is 2.77. The molecule has 0 N–H and O–H groups in total. The zero-order valence-electron chi connectivity index (χ0n) is 10.6. The van der Waals surface area contributed by atoms with Crippen molar-refractivity contribution in [1.82, 2.24) is 0 Å². The van der Waals surface area contributed by atoms with Crippen LogP contribution < -0.4 is 0 Å². The molecule has 0 aromatic carbocycles. The minimum atomic E-state index is -0.414. The molecule has 0 bridgehead atoms. The van der Waals surface area contributed by atoms with Crippen molar-refractivity contribution in [3.05, 3.63) is 24.0 Å². The standard InChI is InChI=1S/C13H18O5/c1-9(14)17-12-5-3-4-11(12)13-16-7-6-10(18-13)8-15-2/h3-5,10-11,13H,6-8H2,1-2H3/t10-,11?,13-/m0/s1. The number of ether oxygens (including phenoxy) is 4. The van der Waals surface area contributed by atoms with Gasteiger partial charge in [-0.15, -0.1) is 0 Å². The van der Waals surface area contributed by atoms with Crippen molar-refractivity contribution in [3.63, 3.8) is 0 Å². The number of methoxy groups -OCH3 is 1. The number of hydrogen-bond acceptors (Lipinski definition) is 5. The fraction of sp³-hybridized carbons (Fsp3) is 0.615. The van der Waals surface area contributed by atoms with E-state index in [9.17, 15) is 4.79 Å². The van der Waals surface area contributed by atoms with Gasteiger partial charge in [0.1, 0.15) is 5.76 Å². The summed E-state index contributed by atoms with van der Waals surface area (Å²) < 4.78 is 21.6. The molecule has 5 heteroatoms. The SMILES string of the molecule is COC[C@@H]1CCO[C@H](C2C=CC=C2OC(C)=O)O1. The van der Waals surface area contributed by atoms with E-state index in [1.165, 1.54) is 6.92 Å². The second-order valence-electron chi connectivity index (χ2n) is 4.31. The molecule has 1 unspecified atom stereocenters. The van der Waals surface area contributed by atoms with Crippen LogP contribution >= 0.6 is 0 Å². The number of carbonyl (C=O) groups is 1. The van der Waals surface area contributed by atoms with E-state index in [-0.39, 0.29) is 18.0 Å². The Morgan fingerprint density at radius 3 is 3.11 bits per heavy atom. The molecule has 1 saturated heterocycles. The van der Waals surface area contributed by atoms with Crippen LogP contribution in [0, 0.1) is 5.92 Å². The van der Waals surface area contributed by atoms with E-state index in [1.807, 2.05) is 12.2 Å². The predicted octanol–water partition coefficient (Wildman–Crippen LogP) is 1.40. The predicted molar refractivity (Wildman–Crippen MR) is 63.6 cm³/mol. The van der Waals surface area contributed by atoms with Gasteiger partial charge in [0.15, 0.2) is 6.29 Å². The van der Waals surface area contributed by atoms with Gasteiger partial charge in [0.2, 0.25) is 0 Å². The Kier molecular flexibility index (Phi) is 4.52. The lowest BCUT2D eigenvalue weighted by Gasteiger charge is -2.33. The van der Waals surface area contributed by atoms with Crippen molar-refractivity contribution >= 4 is 5.97 Å². The Labute approximate surface area is 106 Å². The highest BCUT2D eigenvalue weighted by Gasteiger charge is 2.33. The van der Waals surface area contributed by atoms with Crippen LogP contribution in [-0.4, -0.2) is 38.7 Å². The van der Waals surface area contributed by atoms with E-state index < -0.39 is 6.29 Å². The van der Waals surface area contributed by atoms with Gasteiger partial charge in [0.25, 0.3) is 0 Å². The number of esters is 1. The summed E-state index contributed by atoms with van der Waals surface area (Å²) in [5, 5.41) is 0. The van der Waals surface area contributed by atoms with Gasteiger partial charge >= 0.3 is 5.97 Å². The molecule has 1 aliphatic heterocycles. The summed E-state index contributed by atoms with van der Waals surface area (Å²) in [6, 6.07) is 0. The second kappa shape index (κ2) is 6.13. The maximum Gasteiger partial charge on any atom is 0.307 e. The molecular weight excluding hydrogens is 236 g/mol. The minimum Gasteiger partial charge on any atom is -0.430 e. The average molecular weight is 254 g/mol. The summed E-state index contributed by atoms with van der Waals surface area (Å²) in [5.74, 6) is 0.0818. The molecule has 5 nitrogen and oxygen atoms in total. The third-order valence-corrected chi connectivity index (χ3v) is 2.86. The maximum absolute atomic E-state index is 11.0. The van der Waals surface area contributed by atoms with E-state index in [0.717, 1.165) is 6.42 Å². The molecule has 0 amide bonds. The summed E-state index contributed by atoms with van der Waals surface area (Å²) in [5.41, 5.74) is 0. The summed E-state index contributed by atoms with van der Waals surface area (Å²) >= 11 is 0. The quantitative estimate of drug-likeness (QED) is 0.710. The van der Waals surface area contributed by atoms with Crippen LogP contribution in [0.25, 0.3) is 0 Å². The van der Waals surface area contributed by atoms with Crippen LogP contribution in [-0.2, 0) is 23.7 Å². The van der Waals surface area contributed by atoms with E-state index in [1.54, 1.807) is 13.2 Å². The van der Waals surface area contributed by atoms with E-state index >= 15 is 0 Å². The fourth-order valence-corrected chi connectivity index (χ4v) is 2.08. The topological polar surface area (TPSA) is 54.0 Å². The van der Waals surface area contributed by atoms with Crippen LogP contribution in [0.15, 0.2) is 24.0 Å². The number of rotatable bonds is 4. The van der Waals surface area contributed by atoms with Gasteiger partial charge in [-0.3, -0.25) is 4.79 Å². The highest BCUT2D eigenvalue weighted by Crippen LogP contribution is 2.30. The van der Waals surface area contributed by atoms with Gasteiger partial charge in [-0.25, -0.2) is 0 Å². The Morgan fingerprint density at radius 2 is 2.39 bits per heavy atom. The molecule has 1 heterocycles. The molecule has 0 aromatic rings. The normalized spacial score (nSPS) is 31.2. The molecule has 1 fully saturated rings. The molecular formula is C13H18O5. The minimum absolute atomic E-state index is 0.0290. The fourth-order valence-electron chi connectivity index (χ4n) is 2.08. The van der Waals surface area contributed by atoms with Crippen molar-refractivity contribution in [2.24, 2.45) is 5.92 Å². The van der Waals surface area contributed by atoms with Gasteiger partial charge in [-0.1, -0.05) is 12.2 Å². The van der Waals surface area contributed by atoms with E-state index in [2.05, 4.69) is 0 Å². The lowest BCUT2D eigenvalue weighted by atomic mass is 10.1. The Balaban J connectivity index is 1.96. The Hall–Kier alpha value is -1.17. The third kappa shape index (κ3) is 3.19. The summed E-state index contributed by atoms with van der Waals surface area (Å²) in [4.78, 5) is 11.0. The number of carbonyl (C=O) groups excluding carboxylic acids is 1. The molecule has 0 spiro atoms. The zero-order chi connectivity index (χ0) is 13.0. The van der Waals surface area contributed by atoms with Crippen LogP contribution in [0.1, 0.15) is 13.3 Å². The molecule has 1 aliphatic carbocycles. The number of hydrogen-bond donors (Lipinski definition) is 0. The van der Waals surface area contributed by atoms with Crippen LogP contribution in [0.2, 0.25) is 0 Å². The largest absolute Gasteiger partial charge is 0.430 e. The van der Waals surface area contributed by atoms with Gasteiger partial charge < -0.3 is 18.9 Å². The Morgan fingerprint density at radius 1 is 1.56 bits per heavy atom. The van der Waals surface area contributed by atoms with Gasteiger partial charge in [-0.2, -0.15) is 0 Å². The van der Waals surface area contributed by atoms with Crippen LogP contribution in [0.4, 0.5) is 0 Å². The first-order chi connectivity index (χ1) is 8.70. The lowest BCUT2D eigenvalue weighted by Crippen LogP contribution is -2.39. The van der Waals surface area contributed by atoms with Gasteiger partial charge in [-0.05, 0) is 12.5 Å². The molecule has 0 saturated carbocycles. The van der Waals surface area contributed by atoms with E-state index in [0.29, 0.717) is 19.0 Å². The van der Waals surface area contributed by atoms with Crippen LogP contribution in [0.3, 0.4) is 0 Å². The first-order valence-electron chi connectivity index (χ1n) is 6.03. The van der Waals surface area contributed by atoms with Crippen molar-refractivity contribution < 1.29 is 23.7 Å². The third-order valence-electron chi connectivity index (χ3n) is 2.86. The number of allylic oxidation sites excluding steroid dienone is 2. The molecule has 0 radical (unpaired) electrons. The highest BCUT2D eigenvalue weighted by atomic mass is 16.7. The van der Waals surface area contributed by atoms with E-state index in [4.69, 9.17) is 18.9 Å². The van der Waals surface area contributed by atoms with Gasteiger partial charge in [0.05, 0.1) is 25.2 Å². The molecule has 2 rings (SSSR count). The molecule has 18 heavy (non-hydrogen) atoms. The highest BCUT2D eigenvalue weighted by molar-refractivity contribution is 5.67. The van der Waals surface area contributed by atoms with Gasteiger partial charge in [0, 0.05) is 14.0 Å². The monoisotopic (exact) mass is 254 g/mol. The Bertz CT molecular complexity index is 358. The molecule has 100 valence electrons.